The summed E-state index contributed by atoms with van der Waals surface area (Å²) < 4.78 is 7.49. The number of carbonyl (C=O) groups excluding carboxylic acids is 2. The van der Waals surface area contributed by atoms with Crippen LogP contribution in [0.4, 0.5) is 11.4 Å². The van der Waals surface area contributed by atoms with Gasteiger partial charge in [-0.2, -0.15) is 15.0 Å². The number of aromatic nitrogens is 8. The number of hydrogen-bond acceptors (Lipinski definition) is 26. The Bertz CT molecular complexity index is 3690. The second kappa shape index (κ2) is 28.5. The van der Waals surface area contributed by atoms with Gasteiger partial charge in [-0.3, -0.25) is 29.1 Å². The number of anilines is 1. The summed E-state index contributed by atoms with van der Waals surface area (Å²) in [6, 6.07) is 10.7. The Hall–Kier alpha value is -8.02. The highest BCUT2D eigenvalue weighted by Crippen LogP contribution is 2.38. The number of amidine groups is 1. The number of rotatable bonds is 16. The third kappa shape index (κ3) is 14.4. The van der Waals surface area contributed by atoms with Gasteiger partial charge in [0.25, 0.3) is 17.0 Å². The number of aliphatic imine (C=N–C) groups is 2. The van der Waals surface area contributed by atoms with Crippen LogP contribution in [0.2, 0.25) is 0 Å². The first kappa shape index (κ1) is 67.1. The quantitative estimate of drug-likeness (QED) is 0.0247. The minimum absolute atomic E-state index is 0.00881. The lowest BCUT2D eigenvalue weighted by Crippen LogP contribution is -2.52. The summed E-state index contributed by atoms with van der Waals surface area (Å²) in [5.74, 6) is -2.42. The average Bonchev–Trinajstić information content (AvgIpc) is 1.54. The van der Waals surface area contributed by atoms with Crippen LogP contribution in [0, 0.1) is 47.5 Å². The highest BCUT2D eigenvalue weighted by atomic mass is 16.5. The molecule has 1 amide bonds. The molecule has 15 N–H and O–H groups in total. The van der Waals surface area contributed by atoms with Crippen molar-refractivity contribution in [1.82, 2.24) is 39.0 Å². The molecule has 0 fully saturated rings. The van der Waals surface area contributed by atoms with Gasteiger partial charge in [0.15, 0.2) is 28.9 Å². The summed E-state index contributed by atoms with van der Waals surface area (Å²) in [7, 11) is 2.19. The van der Waals surface area contributed by atoms with Crippen molar-refractivity contribution >= 4 is 56.9 Å². The van der Waals surface area contributed by atoms with Crippen LogP contribution >= 0.6 is 0 Å². The van der Waals surface area contributed by atoms with Gasteiger partial charge in [0.1, 0.15) is 60.9 Å². The number of carbonyl (C=O) groups is 2. The van der Waals surface area contributed by atoms with Gasteiger partial charge >= 0.3 is 17.3 Å². The van der Waals surface area contributed by atoms with E-state index >= 15 is 0 Å². The molecule has 6 heterocycles. The minimum Gasteiger partial charge on any atom is -0.468 e. The van der Waals surface area contributed by atoms with Crippen molar-refractivity contribution in [2.24, 2.45) is 15.9 Å². The number of β-amino-alcohol motifs (C(OH)–C–C–N with tert-alkyl or cyclic N) is 1. The SMILES string of the molecule is CO.COC(=O)C1CC2=Nc3cc(C)c(C)cc3N(C[C@H](O)[C@H](O)[C@H](O)CO)C2=NC1=O.Cc1cc2nc3c(=O)[nH]c(=O)nc-3n(C[C@H](O)[C@H](O)[C@H](O)CO)c2cc1C.Cc1cc2nc3c(=O)[nH]c(=O)nc-3n(C[C@H](O)[C@H](O)[C@H](O)CO)c2cc1C. The number of aliphatic hydroxyl groups excluding tert-OH is 13. The maximum Gasteiger partial charge on any atom is 0.349 e. The molecular formula is C55H69N11O20. The van der Waals surface area contributed by atoms with E-state index in [4.69, 9.17) is 20.4 Å². The maximum absolute atomic E-state index is 12.4. The molecule has 0 bridgehead atoms. The topological polar surface area (TPSA) is 496 Å². The second-order valence-electron chi connectivity index (χ2n) is 20.5. The summed E-state index contributed by atoms with van der Waals surface area (Å²) in [5.41, 5.74) is 5.65. The molecule has 0 spiro atoms. The number of benzene rings is 3. The number of amides is 1. The number of aromatic amines is 2. The van der Waals surface area contributed by atoms with Crippen molar-refractivity contribution in [3.05, 3.63) is 111 Å². The molecule has 0 aliphatic carbocycles. The number of esters is 1. The standard InChI is InChI=1S/C20H25N3O7.2C17H20N4O6.CH4O/c1-9-4-12-14(5-10(9)2)23(7-15(25)17(27)16(26)8-24)18-13(21-12)6-11(19(28)22-18)20(29)30-3;2*1-7-3-9-10(4-8(7)2)21(5-11(23)14(25)12(24)6-22)15-13(18-9)16(26)20-17(27)19-15;1-2/h4-5,11,15-17,24-27H,6-8H2,1-3H3;2*3-4,11-12,14,22-25H,5-6H2,1-2H3,(H,20,26,27);2H,1H3/t11?,15-,16+,17-;2*11-,12+,14-;/m000./s1. The molecule has 1 unspecified atom stereocenters. The van der Waals surface area contributed by atoms with E-state index in [1.165, 1.54) is 21.1 Å². The van der Waals surface area contributed by atoms with Crippen LogP contribution in [0.5, 0.6) is 0 Å². The lowest BCUT2D eigenvalue weighted by atomic mass is 9.94. The molecule has 3 aromatic carbocycles. The number of nitrogens with zero attached hydrogens (tertiary/aromatic N) is 9. The highest BCUT2D eigenvalue weighted by Gasteiger charge is 2.41. The van der Waals surface area contributed by atoms with E-state index in [-0.39, 0.29) is 54.9 Å². The molecule has 6 aliphatic rings. The smallest absolute Gasteiger partial charge is 0.349 e. The van der Waals surface area contributed by atoms with Crippen molar-refractivity contribution in [3.63, 3.8) is 0 Å². The Morgan fingerprint density at radius 3 is 1.34 bits per heavy atom. The molecule has 6 aliphatic heterocycles. The zero-order valence-electron chi connectivity index (χ0n) is 47.9. The lowest BCUT2D eigenvalue weighted by Gasteiger charge is -2.36. The van der Waals surface area contributed by atoms with Gasteiger partial charge < -0.3 is 85.2 Å². The van der Waals surface area contributed by atoms with E-state index in [1.54, 1.807) is 24.3 Å². The van der Waals surface area contributed by atoms with E-state index in [0.717, 1.165) is 40.5 Å². The number of hydrogen-bond donors (Lipinski definition) is 15. The van der Waals surface area contributed by atoms with Gasteiger partial charge in [0, 0.05) is 13.5 Å². The van der Waals surface area contributed by atoms with Gasteiger partial charge in [-0.1, -0.05) is 0 Å². The molecule has 464 valence electrons. The molecule has 31 nitrogen and oxygen atoms in total. The van der Waals surface area contributed by atoms with Crippen molar-refractivity contribution < 1.29 is 80.7 Å². The van der Waals surface area contributed by atoms with Gasteiger partial charge in [0.05, 0.1) is 85.7 Å². The molecule has 3 aromatic rings. The van der Waals surface area contributed by atoms with Crippen LogP contribution in [0.3, 0.4) is 0 Å². The molecule has 31 heteroatoms. The number of methoxy groups -OCH3 is 1. The molecule has 0 saturated heterocycles. The zero-order valence-corrected chi connectivity index (χ0v) is 47.9. The number of aryl methyl sites for hydroxylation is 6. The molecule has 0 saturated carbocycles. The molecule has 86 heavy (non-hydrogen) atoms. The molecular weight excluding hydrogens is 1130 g/mol. The predicted octanol–water partition coefficient (Wildman–Crippen LogP) is -4.45. The highest BCUT2D eigenvalue weighted by molar-refractivity contribution is 6.51. The number of fused-ring (bicyclic) bond motifs is 6. The normalized spacial score (nSPS) is 17.0. The monoisotopic (exact) mass is 1200 g/mol. The van der Waals surface area contributed by atoms with E-state index in [2.05, 4.69) is 44.6 Å². The molecule has 10 atom stereocenters. The Morgan fingerprint density at radius 2 is 0.930 bits per heavy atom. The van der Waals surface area contributed by atoms with Gasteiger partial charge in [0.2, 0.25) is 0 Å². The Labute approximate surface area is 487 Å². The summed E-state index contributed by atoms with van der Waals surface area (Å²) in [6.45, 7) is 8.33. The van der Waals surface area contributed by atoms with E-state index in [0.29, 0.717) is 39.2 Å². The van der Waals surface area contributed by atoms with Crippen LogP contribution in [0.25, 0.3) is 45.1 Å². The van der Waals surface area contributed by atoms with Crippen LogP contribution in [0.1, 0.15) is 39.8 Å². The van der Waals surface area contributed by atoms with Crippen molar-refractivity contribution in [1.29, 1.82) is 0 Å². The lowest BCUT2D eigenvalue weighted by molar-refractivity contribution is -0.148. The number of ether oxygens (including phenoxy) is 1. The third-order valence-corrected chi connectivity index (χ3v) is 14.5. The van der Waals surface area contributed by atoms with Crippen LogP contribution in [0.15, 0.2) is 65.6 Å². The largest absolute Gasteiger partial charge is 0.468 e. The summed E-state index contributed by atoms with van der Waals surface area (Å²) in [5, 5.41) is 124. The maximum atomic E-state index is 12.4. The number of H-pyrrole nitrogens is 2. The van der Waals surface area contributed by atoms with Crippen LogP contribution in [-0.4, -0.2) is 224 Å². The number of aliphatic hydroxyl groups is 13. The fraction of sp³-hybridized carbons (Fsp3) is 0.455. The van der Waals surface area contributed by atoms with Crippen LogP contribution in [-0.2, 0) is 27.4 Å². The first-order chi connectivity index (χ1) is 40.6. The van der Waals surface area contributed by atoms with Crippen molar-refractivity contribution in [3.8, 4) is 23.0 Å². The van der Waals surface area contributed by atoms with Gasteiger partial charge in [-0.15, -0.1) is 0 Å². The summed E-state index contributed by atoms with van der Waals surface area (Å²) in [6.07, 6.45) is -14.0. The van der Waals surface area contributed by atoms with Gasteiger partial charge in [-0.25, -0.2) is 24.5 Å². The van der Waals surface area contributed by atoms with E-state index in [1.807, 2.05) is 53.7 Å². The molecule has 0 aromatic heterocycles. The van der Waals surface area contributed by atoms with E-state index < -0.39 is 115 Å². The first-order valence-corrected chi connectivity index (χ1v) is 26.5. The Balaban J connectivity index is 0.000000204. The van der Waals surface area contributed by atoms with Crippen LogP contribution < -0.4 is 27.4 Å². The number of nitrogens with one attached hydrogen (secondary N) is 2. The average molecular weight is 1200 g/mol. The summed E-state index contributed by atoms with van der Waals surface area (Å²) in [4.78, 5) is 103. The zero-order chi connectivity index (χ0) is 63.9. The molecule has 0 radical (unpaired) electrons. The van der Waals surface area contributed by atoms with Crippen molar-refractivity contribution in [2.75, 3.05) is 45.5 Å². The van der Waals surface area contributed by atoms with Crippen molar-refractivity contribution in [2.45, 2.75) is 116 Å². The predicted molar refractivity (Wildman–Crippen MR) is 307 cm³/mol. The molecule has 9 rings (SSSR count). The van der Waals surface area contributed by atoms with Gasteiger partial charge in [-0.05, 0) is 111 Å². The third-order valence-electron chi connectivity index (χ3n) is 14.5. The summed E-state index contributed by atoms with van der Waals surface area (Å²) >= 11 is 0. The fourth-order valence-electron chi connectivity index (χ4n) is 9.24. The Morgan fingerprint density at radius 1 is 0.547 bits per heavy atom. The second-order valence-corrected chi connectivity index (χ2v) is 20.5. The first-order valence-electron chi connectivity index (χ1n) is 26.5. The minimum atomic E-state index is -1.64. The Kier molecular flexibility index (Phi) is 22.2. The van der Waals surface area contributed by atoms with E-state index in [9.17, 15) is 74.7 Å². The fourth-order valence-corrected chi connectivity index (χ4v) is 9.24.